The molecule has 1 rings (SSSR count). The number of halogens is 1. The predicted molar refractivity (Wildman–Crippen MR) is 74.2 cm³/mol. The van der Waals surface area contributed by atoms with Crippen LogP contribution in [0.25, 0.3) is 0 Å². The number of ether oxygens (including phenoxy) is 1. The number of hydrogen-bond donors (Lipinski definition) is 2. The summed E-state index contributed by atoms with van der Waals surface area (Å²) in [5.74, 6) is -1.42. The van der Waals surface area contributed by atoms with E-state index in [2.05, 4.69) is 20.7 Å². The number of carboxylic acids is 1. The average molecular weight is 370 g/mol. The third-order valence-electron chi connectivity index (χ3n) is 2.15. The van der Waals surface area contributed by atoms with Crippen LogP contribution in [0.2, 0.25) is 0 Å². The lowest BCUT2D eigenvalue weighted by molar-refractivity contribution is 0.0661. The first-order chi connectivity index (χ1) is 9.24. The van der Waals surface area contributed by atoms with Crippen LogP contribution in [0.3, 0.4) is 0 Å². The highest BCUT2D eigenvalue weighted by atomic mass is 79.9. The molecular weight excluding hydrogens is 354 g/mol. The number of hydrogen-bond acceptors (Lipinski definition) is 5. The molecular formula is C11H16BrNO6S. The van der Waals surface area contributed by atoms with E-state index in [1.54, 1.807) is 0 Å². The van der Waals surface area contributed by atoms with Gasteiger partial charge >= 0.3 is 5.97 Å². The minimum absolute atomic E-state index is 0.0923. The van der Waals surface area contributed by atoms with Crippen molar-refractivity contribution < 1.29 is 27.5 Å². The summed E-state index contributed by atoms with van der Waals surface area (Å²) in [5.41, 5.74) is 0. The van der Waals surface area contributed by atoms with Crippen molar-refractivity contribution in [3.05, 3.63) is 16.5 Å². The third kappa shape index (κ3) is 4.89. The summed E-state index contributed by atoms with van der Waals surface area (Å²) in [4.78, 5) is 10.5. The number of rotatable bonds is 8. The Balaban J connectivity index is 2.63. The van der Waals surface area contributed by atoms with Crippen LogP contribution in [0.4, 0.5) is 0 Å². The molecule has 0 saturated carbocycles. The summed E-state index contributed by atoms with van der Waals surface area (Å²) in [5, 5.41) is 8.74. The second kappa shape index (κ2) is 7.21. The number of carboxylic acid groups (broad SMARTS) is 1. The van der Waals surface area contributed by atoms with Crippen molar-refractivity contribution >= 4 is 31.9 Å². The quantitative estimate of drug-likeness (QED) is 0.675. The molecule has 0 aliphatic heterocycles. The first-order valence-electron chi connectivity index (χ1n) is 5.84. The predicted octanol–water partition coefficient (Wildman–Crippen LogP) is 1.69. The van der Waals surface area contributed by atoms with Gasteiger partial charge in [0.05, 0.1) is 6.61 Å². The smallest absolute Gasteiger partial charge is 0.371 e. The standard InChI is InChI=1S/C11H16BrNO6S/c1-7(2)6-18-4-3-13-20(16,17)9-5-8(11(14)15)19-10(9)12/h5,7,13H,3-4,6H2,1-2H3,(H,14,15). The van der Waals surface area contributed by atoms with Crippen LogP contribution in [0, 0.1) is 5.92 Å². The minimum Gasteiger partial charge on any atom is -0.475 e. The van der Waals surface area contributed by atoms with Gasteiger partial charge in [0.25, 0.3) is 0 Å². The fourth-order valence-electron chi connectivity index (χ4n) is 1.29. The third-order valence-corrected chi connectivity index (χ3v) is 4.46. The summed E-state index contributed by atoms with van der Waals surface area (Å²) >= 11 is 2.88. The molecule has 0 radical (unpaired) electrons. The maximum atomic E-state index is 11.9. The van der Waals surface area contributed by atoms with Gasteiger partial charge in [0.2, 0.25) is 15.8 Å². The molecule has 0 aromatic carbocycles. The fraction of sp³-hybridized carbons (Fsp3) is 0.545. The van der Waals surface area contributed by atoms with E-state index in [9.17, 15) is 13.2 Å². The van der Waals surface area contributed by atoms with Gasteiger partial charge in [0.1, 0.15) is 4.90 Å². The van der Waals surface area contributed by atoms with Gasteiger partial charge < -0.3 is 14.3 Å². The molecule has 0 spiro atoms. The van der Waals surface area contributed by atoms with Crippen molar-refractivity contribution in [3.8, 4) is 0 Å². The second-order valence-corrected chi connectivity index (χ2v) is 6.88. The Morgan fingerprint density at radius 1 is 1.55 bits per heavy atom. The monoisotopic (exact) mass is 369 g/mol. The molecule has 7 nitrogen and oxygen atoms in total. The highest BCUT2D eigenvalue weighted by Gasteiger charge is 2.24. The molecule has 0 unspecified atom stereocenters. The fourth-order valence-corrected chi connectivity index (χ4v) is 3.24. The van der Waals surface area contributed by atoms with Gasteiger partial charge in [-0.15, -0.1) is 0 Å². The Kier molecular flexibility index (Phi) is 6.18. The number of furan rings is 1. The van der Waals surface area contributed by atoms with E-state index in [-0.39, 0.29) is 22.7 Å². The topological polar surface area (TPSA) is 106 Å². The van der Waals surface area contributed by atoms with Crippen molar-refractivity contribution in [2.24, 2.45) is 5.92 Å². The van der Waals surface area contributed by atoms with E-state index in [0.717, 1.165) is 6.07 Å². The molecule has 0 saturated heterocycles. The lowest BCUT2D eigenvalue weighted by atomic mass is 10.2. The molecule has 9 heteroatoms. The van der Waals surface area contributed by atoms with Crippen LogP contribution >= 0.6 is 15.9 Å². The average Bonchev–Trinajstić information content (AvgIpc) is 2.71. The first kappa shape index (κ1) is 17.2. The second-order valence-electron chi connectivity index (χ2n) is 4.42. The molecule has 0 aliphatic rings. The molecule has 20 heavy (non-hydrogen) atoms. The van der Waals surface area contributed by atoms with E-state index < -0.39 is 21.8 Å². The van der Waals surface area contributed by atoms with Gasteiger partial charge in [0.15, 0.2) is 4.67 Å². The number of aromatic carboxylic acids is 1. The van der Waals surface area contributed by atoms with E-state index in [0.29, 0.717) is 12.5 Å². The van der Waals surface area contributed by atoms with Crippen molar-refractivity contribution in [2.45, 2.75) is 18.7 Å². The Morgan fingerprint density at radius 3 is 2.70 bits per heavy atom. The highest BCUT2D eigenvalue weighted by Crippen LogP contribution is 2.25. The molecule has 0 bridgehead atoms. The molecule has 2 N–H and O–H groups in total. The molecule has 0 atom stereocenters. The van der Waals surface area contributed by atoms with E-state index >= 15 is 0 Å². The van der Waals surface area contributed by atoms with Crippen molar-refractivity contribution in [2.75, 3.05) is 19.8 Å². The Morgan fingerprint density at radius 2 is 2.20 bits per heavy atom. The Bertz CT molecular complexity index is 565. The lowest BCUT2D eigenvalue weighted by Gasteiger charge is -2.08. The summed E-state index contributed by atoms with van der Waals surface area (Å²) in [6.07, 6.45) is 0. The van der Waals surface area contributed by atoms with Crippen LogP contribution in [0.15, 0.2) is 20.0 Å². The van der Waals surface area contributed by atoms with Crippen molar-refractivity contribution in [3.63, 3.8) is 0 Å². The molecule has 0 amide bonds. The molecule has 1 aromatic rings. The van der Waals surface area contributed by atoms with Gasteiger partial charge in [-0.3, -0.25) is 0 Å². The lowest BCUT2D eigenvalue weighted by Crippen LogP contribution is -2.27. The van der Waals surface area contributed by atoms with Crippen LogP contribution in [-0.4, -0.2) is 39.3 Å². The number of carbonyl (C=O) groups is 1. The van der Waals surface area contributed by atoms with Gasteiger partial charge in [-0.2, -0.15) is 0 Å². The maximum absolute atomic E-state index is 11.9. The summed E-state index contributed by atoms with van der Waals surface area (Å²) in [6.45, 7) is 4.84. The SMILES string of the molecule is CC(C)COCCNS(=O)(=O)c1cc(C(=O)O)oc1Br. The van der Waals surface area contributed by atoms with Crippen molar-refractivity contribution in [1.82, 2.24) is 4.72 Å². The zero-order valence-electron chi connectivity index (χ0n) is 11.1. The van der Waals surface area contributed by atoms with Gasteiger partial charge in [0, 0.05) is 19.2 Å². The summed E-state index contributed by atoms with van der Waals surface area (Å²) in [7, 11) is -3.84. The number of nitrogens with one attached hydrogen (secondary N) is 1. The first-order valence-corrected chi connectivity index (χ1v) is 8.11. The van der Waals surface area contributed by atoms with E-state index in [1.165, 1.54) is 0 Å². The molecule has 1 heterocycles. The Labute approximate surface area is 125 Å². The molecule has 1 aromatic heterocycles. The zero-order chi connectivity index (χ0) is 15.3. The number of sulfonamides is 1. The minimum atomic E-state index is -3.84. The van der Waals surface area contributed by atoms with Gasteiger partial charge in [-0.25, -0.2) is 17.9 Å². The van der Waals surface area contributed by atoms with Crippen LogP contribution in [0.1, 0.15) is 24.4 Å². The molecule has 0 fully saturated rings. The normalized spacial score (nSPS) is 12.0. The van der Waals surface area contributed by atoms with E-state index in [4.69, 9.17) is 14.3 Å². The maximum Gasteiger partial charge on any atom is 0.371 e. The van der Waals surface area contributed by atoms with Crippen molar-refractivity contribution in [1.29, 1.82) is 0 Å². The Hall–Kier alpha value is -0.900. The van der Waals surface area contributed by atoms with Crippen LogP contribution in [0.5, 0.6) is 0 Å². The van der Waals surface area contributed by atoms with Gasteiger partial charge in [-0.05, 0) is 21.8 Å². The zero-order valence-corrected chi connectivity index (χ0v) is 13.5. The van der Waals surface area contributed by atoms with Gasteiger partial charge in [-0.1, -0.05) is 13.8 Å². The van der Waals surface area contributed by atoms with E-state index in [1.807, 2.05) is 13.8 Å². The highest BCUT2D eigenvalue weighted by molar-refractivity contribution is 9.10. The largest absolute Gasteiger partial charge is 0.475 e. The molecule has 114 valence electrons. The molecule has 0 aliphatic carbocycles. The van der Waals surface area contributed by atoms with Crippen LogP contribution in [-0.2, 0) is 14.8 Å². The van der Waals surface area contributed by atoms with Crippen LogP contribution < -0.4 is 4.72 Å². The summed E-state index contributed by atoms with van der Waals surface area (Å²) < 4.78 is 36.1. The summed E-state index contributed by atoms with van der Waals surface area (Å²) in [6, 6.07) is 0.948.